The smallest absolute Gasteiger partial charge is 0.306 e. The van der Waals surface area contributed by atoms with Crippen molar-refractivity contribution < 1.29 is 28.6 Å². The van der Waals surface area contributed by atoms with Crippen LogP contribution < -0.4 is 0 Å². The van der Waals surface area contributed by atoms with Crippen LogP contribution in [0.3, 0.4) is 0 Å². The fourth-order valence-corrected chi connectivity index (χ4v) is 11.5. The fourth-order valence-electron chi connectivity index (χ4n) is 11.5. The second-order valence-electron chi connectivity index (χ2n) is 25.2. The molecule has 80 heavy (non-hydrogen) atoms. The van der Waals surface area contributed by atoms with Crippen LogP contribution in [0.1, 0.15) is 425 Å². The summed E-state index contributed by atoms with van der Waals surface area (Å²) in [6.07, 6.45) is 83.9. The highest BCUT2D eigenvalue weighted by Crippen LogP contribution is 2.19. The Bertz CT molecular complexity index is 1250. The predicted molar refractivity (Wildman–Crippen MR) is 349 cm³/mol. The molecule has 0 saturated heterocycles. The molecule has 0 aliphatic rings. The van der Waals surface area contributed by atoms with Gasteiger partial charge in [-0.1, -0.05) is 373 Å². The second kappa shape index (κ2) is 69.6. The highest BCUT2D eigenvalue weighted by atomic mass is 16.6. The minimum Gasteiger partial charge on any atom is -0.462 e. The molecule has 474 valence electrons. The fraction of sp³-hybridized carbons (Fsp3) is 0.932. The van der Waals surface area contributed by atoms with Crippen molar-refractivity contribution >= 4 is 17.9 Å². The van der Waals surface area contributed by atoms with Crippen LogP contribution in [0.25, 0.3) is 0 Å². The number of allylic oxidation sites excluding steroid dienone is 2. The number of rotatable bonds is 69. The number of hydrogen-bond donors (Lipinski definition) is 0. The Morgan fingerprint density at radius 1 is 0.237 bits per heavy atom. The van der Waals surface area contributed by atoms with Gasteiger partial charge < -0.3 is 14.2 Å². The number of esters is 3. The van der Waals surface area contributed by atoms with Gasteiger partial charge in [-0.05, 0) is 44.9 Å². The van der Waals surface area contributed by atoms with Gasteiger partial charge in [0.05, 0.1) is 0 Å². The minimum absolute atomic E-state index is 0.0619. The molecule has 0 radical (unpaired) electrons. The lowest BCUT2D eigenvalue weighted by atomic mass is 10.0. The third kappa shape index (κ3) is 66.9. The molecular formula is C74H142O6. The summed E-state index contributed by atoms with van der Waals surface area (Å²) >= 11 is 0. The van der Waals surface area contributed by atoms with Crippen molar-refractivity contribution in [2.75, 3.05) is 13.2 Å². The SMILES string of the molecule is CCCCCCCCCC/C=C\CCCCCCCCCCCCCCCCCC(=O)OCC(COC(=O)CCCCCCCCCCCCCCCCCC)OC(=O)CCCCCCCCCCCCCCCCCCCCC. The van der Waals surface area contributed by atoms with E-state index in [1.165, 1.54) is 327 Å². The molecule has 0 saturated carbocycles. The molecule has 0 amide bonds. The zero-order chi connectivity index (χ0) is 57.8. The second-order valence-corrected chi connectivity index (χ2v) is 25.2. The predicted octanol–water partition coefficient (Wildman–Crippen LogP) is 25.2. The largest absolute Gasteiger partial charge is 0.462 e. The molecule has 0 aromatic heterocycles. The molecule has 0 aliphatic heterocycles. The number of ether oxygens (including phenoxy) is 3. The summed E-state index contributed by atoms with van der Waals surface area (Å²) in [7, 11) is 0. The van der Waals surface area contributed by atoms with Crippen molar-refractivity contribution in [2.45, 2.75) is 431 Å². The van der Waals surface area contributed by atoms with E-state index in [1.807, 2.05) is 0 Å². The molecule has 0 aromatic rings. The average molecular weight is 1130 g/mol. The first-order valence-corrected chi connectivity index (χ1v) is 36.7. The lowest BCUT2D eigenvalue weighted by molar-refractivity contribution is -0.167. The maximum Gasteiger partial charge on any atom is 0.306 e. The Hall–Kier alpha value is -1.85. The summed E-state index contributed by atoms with van der Waals surface area (Å²) in [6, 6.07) is 0. The van der Waals surface area contributed by atoms with Crippen molar-refractivity contribution in [1.29, 1.82) is 0 Å². The quantitative estimate of drug-likeness (QED) is 0.0261. The van der Waals surface area contributed by atoms with Crippen molar-refractivity contribution in [3.63, 3.8) is 0 Å². The van der Waals surface area contributed by atoms with Gasteiger partial charge in [0.1, 0.15) is 13.2 Å². The Kier molecular flexibility index (Phi) is 68.0. The monoisotopic (exact) mass is 1130 g/mol. The van der Waals surface area contributed by atoms with E-state index in [-0.39, 0.29) is 31.1 Å². The summed E-state index contributed by atoms with van der Waals surface area (Å²) in [5, 5.41) is 0. The van der Waals surface area contributed by atoms with Crippen LogP contribution in [0.5, 0.6) is 0 Å². The molecule has 0 spiro atoms. The minimum atomic E-state index is -0.766. The highest BCUT2D eigenvalue weighted by molar-refractivity contribution is 5.71. The molecule has 0 aliphatic carbocycles. The normalized spacial score (nSPS) is 12.0. The van der Waals surface area contributed by atoms with E-state index in [9.17, 15) is 14.4 Å². The molecule has 6 nitrogen and oxygen atoms in total. The van der Waals surface area contributed by atoms with Gasteiger partial charge in [0.2, 0.25) is 0 Å². The zero-order valence-corrected chi connectivity index (χ0v) is 54.6. The van der Waals surface area contributed by atoms with Crippen LogP contribution in [-0.2, 0) is 28.6 Å². The van der Waals surface area contributed by atoms with Crippen molar-refractivity contribution in [3.05, 3.63) is 12.2 Å². The molecule has 0 N–H and O–H groups in total. The van der Waals surface area contributed by atoms with E-state index in [0.29, 0.717) is 19.3 Å². The highest BCUT2D eigenvalue weighted by Gasteiger charge is 2.20. The van der Waals surface area contributed by atoms with Crippen molar-refractivity contribution in [3.8, 4) is 0 Å². The third-order valence-corrected chi connectivity index (χ3v) is 17.0. The summed E-state index contributed by atoms with van der Waals surface area (Å²) in [5.41, 5.74) is 0. The first kappa shape index (κ1) is 78.1. The van der Waals surface area contributed by atoms with Gasteiger partial charge >= 0.3 is 17.9 Å². The van der Waals surface area contributed by atoms with Crippen LogP contribution in [0.2, 0.25) is 0 Å². The Morgan fingerprint density at radius 3 is 0.625 bits per heavy atom. The molecule has 1 unspecified atom stereocenters. The topological polar surface area (TPSA) is 78.9 Å². The van der Waals surface area contributed by atoms with Crippen molar-refractivity contribution in [1.82, 2.24) is 0 Å². The number of carbonyl (C=O) groups excluding carboxylic acids is 3. The molecule has 1 atom stereocenters. The Balaban J connectivity index is 4.22. The number of hydrogen-bond acceptors (Lipinski definition) is 6. The van der Waals surface area contributed by atoms with Gasteiger partial charge in [0, 0.05) is 19.3 Å². The van der Waals surface area contributed by atoms with E-state index >= 15 is 0 Å². The van der Waals surface area contributed by atoms with E-state index in [0.717, 1.165) is 57.8 Å². The van der Waals surface area contributed by atoms with Gasteiger partial charge in [-0.3, -0.25) is 14.4 Å². The number of carbonyl (C=O) groups is 3. The van der Waals surface area contributed by atoms with Crippen LogP contribution in [-0.4, -0.2) is 37.2 Å². The zero-order valence-electron chi connectivity index (χ0n) is 54.6. The van der Waals surface area contributed by atoms with E-state index in [1.54, 1.807) is 0 Å². The molecule has 0 rings (SSSR count). The van der Waals surface area contributed by atoms with E-state index in [4.69, 9.17) is 14.2 Å². The van der Waals surface area contributed by atoms with E-state index in [2.05, 4.69) is 32.9 Å². The van der Waals surface area contributed by atoms with Crippen LogP contribution in [0, 0.1) is 0 Å². The lowest BCUT2D eigenvalue weighted by Gasteiger charge is -2.18. The van der Waals surface area contributed by atoms with Gasteiger partial charge in [-0.25, -0.2) is 0 Å². The first-order valence-electron chi connectivity index (χ1n) is 36.7. The van der Waals surface area contributed by atoms with Crippen LogP contribution >= 0.6 is 0 Å². The van der Waals surface area contributed by atoms with Gasteiger partial charge in [0.15, 0.2) is 6.10 Å². The van der Waals surface area contributed by atoms with Gasteiger partial charge in [0.25, 0.3) is 0 Å². The molecule has 0 aromatic carbocycles. The van der Waals surface area contributed by atoms with Crippen molar-refractivity contribution in [2.24, 2.45) is 0 Å². The standard InChI is InChI=1S/C74H142O6/c1-4-7-10-13-16-19-22-25-28-31-33-34-35-36-37-38-39-40-42-43-46-49-52-55-58-61-64-67-73(76)79-70-71(69-78-72(75)66-63-60-57-54-51-48-45-30-27-24-21-18-15-12-9-6-3)80-74(77)68-65-62-59-56-53-50-47-44-41-32-29-26-23-20-17-14-11-8-5-2/h31,33,71H,4-30,32,34-70H2,1-3H3/b33-31-. The van der Waals surface area contributed by atoms with Crippen LogP contribution in [0.15, 0.2) is 12.2 Å². The Morgan fingerprint density at radius 2 is 0.412 bits per heavy atom. The average Bonchev–Trinajstić information content (AvgIpc) is 3.46. The summed E-state index contributed by atoms with van der Waals surface area (Å²) in [6.45, 7) is 6.74. The summed E-state index contributed by atoms with van der Waals surface area (Å²) in [4.78, 5) is 38.5. The third-order valence-electron chi connectivity index (χ3n) is 17.0. The Labute approximate surface area is 501 Å². The number of unbranched alkanes of at least 4 members (excludes halogenated alkanes) is 56. The summed E-state index contributed by atoms with van der Waals surface area (Å²) in [5.74, 6) is -0.822. The molecule has 0 heterocycles. The molecular weight excluding hydrogens is 985 g/mol. The molecule has 6 heteroatoms. The molecule has 0 fully saturated rings. The maximum absolute atomic E-state index is 13.0. The maximum atomic E-state index is 13.0. The summed E-state index contributed by atoms with van der Waals surface area (Å²) < 4.78 is 17.0. The molecule has 0 bridgehead atoms. The van der Waals surface area contributed by atoms with E-state index < -0.39 is 6.10 Å². The van der Waals surface area contributed by atoms with Gasteiger partial charge in [-0.2, -0.15) is 0 Å². The lowest BCUT2D eigenvalue weighted by Crippen LogP contribution is -2.30. The van der Waals surface area contributed by atoms with Crippen LogP contribution in [0.4, 0.5) is 0 Å². The van der Waals surface area contributed by atoms with Gasteiger partial charge in [-0.15, -0.1) is 0 Å². The first-order chi connectivity index (χ1) is 39.5.